The largest absolute Gasteiger partial charge is 0.483 e. The van der Waals surface area contributed by atoms with Crippen LogP contribution in [0.3, 0.4) is 0 Å². The fourth-order valence-corrected chi connectivity index (χ4v) is 5.52. The third kappa shape index (κ3) is 3.30. The summed E-state index contributed by atoms with van der Waals surface area (Å²) >= 11 is 0. The number of fused-ring (bicyclic) bond motifs is 5. The van der Waals surface area contributed by atoms with Crippen molar-refractivity contribution in [3.8, 4) is 0 Å². The SMILES string of the molecule is CN1[C@@H]2CCC[C@H]1CC(NC(=O)c1c3n(c4ccccc14)CCC3)C2.O=CO. The van der Waals surface area contributed by atoms with Gasteiger partial charge in [0, 0.05) is 41.3 Å². The van der Waals surface area contributed by atoms with Gasteiger partial charge in [0.1, 0.15) is 0 Å². The number of hydrogen-bond acceptors (Lipinski definition) is 3. The van der Waals surface area contributed by atoms with E-state index < -0.39 is 0 Å². The third-order valence-corrected chi connectivity index (χ3v) is 6.78. The van der Waals surface area contributed by atoms with Crippen LogP contribution in [-0.2, 0) is 17.8 Å². The Morgan fingerprint density at radius 2 is 1.86 bits per heavy atom. The molecule has 6 nitrogen and oxygen atoms in total. The summed E-state index contributed by atoms with van der Waals surface area (Å²) in [7, 11) is 2.26. The molecule has 0 saturated carbocycles. The van der Waals surface area contributed by atoms with E-state index in [-0.39, 0.29) is 12.4 Å². The van der Waals surface area contributed by atoms with Crippen molar-refractivity contribution in [2.75, 3.05) is 7.05 Å². The number of carbonyl (C=O) groups excluding carboxylic acids is 1. The zero-order valence-corrected chi connectivity index (χ0v) is 16.4. The monoisotopic (exact) mass is 383 g/mol. The molecule has 1 unspecified atom stereocenters. The van der Waals surface area contributed by atoms with E-state index in [1.165, 1.54) is 30.5 Å². The van der Waals surface area contributed by atoms with Crippen molar-refractivity contribution in [3.63, 3.8) is 0 Å². The number of aromatic nitrogens is 1. The number of benzene rings is 1. The van der Waals surface area contributed by atoms with Gasteiger partial charge in [-0.3, -0.25) is 9.59 Å². The maximum atomic E-state index is 13.2. The summed E-state index contributed by atoms with van der Waals surface area (Å²) < 4.78 is 2.35. The average molecular weight is 383 g/mol. The third-order valence-electron chi connectivity index (χ3n) is 6.78. The lowest BCUT2D eigenvalue weighted by Crippen LogP contribution is -2.55. The Morgan fingerprint density at radius 1 is 1.18 bits per heavy atom. The van der Waals surface area contributed by atoms with E-state index in [0.717, 1.165) is 43.2 Å². The summed E-state index contributed by atoms with van der Waals surface area (Å²) in [5.74, 6) is 0.152. The van der Waals surface area contributed by atoms with Crippen LogP contribution in [0.4, 0.5) is 0 Å². The normalized spacial score (nSPS) is 26.2. The molecule has 0 aliphatic carbocycles. The fraction of sp³-hybridized carbons (Fsp3) is 0.545. The quantitative estimate of drug-likeness (QED) is 0.782. The molecule has 2 N–H and O–H groups in total. The molecule has 5 rings (SSSR count). The molecule has 2 fully saturated rings. The maximum Gasteiger partial charge on any atom is 0.290 e. The van der Waals surface area contributed by atoms with Crippen LogP contribution >= 0.6 is 0 Å². The molecule has 4 heterocycles. The number of amides is 1. The first-order valence-corrected chi connectivity index (χ1v) is 10.3. The molecular weight excluding hydrogens is 354 g/mol. The molecule has 1 aromatic carbocycles. The molecule has 3 atom stereocenters. The van der Waals surface area contributed by atoms with Gasteiger partial charge < -0.3 is 19.9 Å². The van der Waals surface area contributed by atoms with Gasteiger partial charge >= 0.3 is 0 Å². The van der Waals surface area contributed by atoms with Crippen LogP contribution in [0, 0.1) is 0 Å². The van der Waals surface area contributed by atoms with Crippen LogP contribution < -0.4 is 5.32 Å². The second-order valence-electron chi connectivity index (χ2n) is 8.25. The van der Waals surface area contributed by atoms with E-state index >= 15 is 0 Å². The van der Waals surface area contributed by atoms with Gasteiger partial charge in [0.05, 0.1) is 5.56 Å². The lowest BCUT2D eigenvalue weighted by molar-refractivity contribution is -0.122. The number of carbonyl (C=O) groups is 2. The smallest absolute Gasteiger partial charge is 0.290 e. The molecule has 3 aliphatic heterocycles. The number of aryl methyl sites for hydroxylation is 1. The van der Waals surface area contributed by atoms with Gasteiger partial charge in [-0.2, -0.15) is 0 Å². The Morgan fingerprint density at radius 3 is 2.57 bits per heavy atom. The zero-order valence-electron chi connectivity index (χ0n) is 16.4. The molecule has 2 bridgehead atoms. The number of rotatable bonds is 2. The van der Waals surface area contributed by atoms with Crippen molar-refractivity contribution in [2.45, 2.75) is 69.6 Å². The van der Waals surface area contributed by atoms with Crippen LogP contribution in [0.25, 0.3) is 10.9 Å². The molecule has 28 heavy (non-hydrogen) atoms. The van der Waals surface area contributed by atoms with Crippen molar-refractivity contribution >= 4 is 23.3 Å². The summed E-state index contributed by atoms with van der Waals surface area (Å²) in [5, 5.41) is 11.4. The highest BCUT2D eigenvalue weighted by Gasteiger charge is 2.37. The molecule has 2 saturated heterocycles. The van der Waals surface area contributed by atoms with Crippen LogP contribution in [0.2, 0.25) is 0 Å². The molecule has 0 radical (unpaired) electrons. The lowest BCUT2D eigenvalue weighted by Gasteiger charge is -2.47. The van der Waals surface area contributed by atoms with Crippen LogP contribution in [0.1, 0.15) is 54.6 Å². The molecule has 1 amide bonds. The Kier molecular flexibility index (Phi) is 5.40. The first-order chi connectivity index (χ1) is 13.6. The second-order valence-corrected chi connectivity index (χ2v) is 8.25. The number of nitrogens with zero attached hydrogens (tertiary/aromatic N) is 2. The van der Waals surface area contributed by atoms with E-state index in [4.69, 9.17) is 9.90 Å². The number of carboxylic acid groups (broad SMARTS) is 1. The van der Waals surface area contributed by atoms with E-state index in [9.17, 15) is 4.79 Å². The molecular formula is C22H29N3O3. The second kappa shape index (κ2) is 7.95. The van der Waals surface area contributed by atoms with Crippen molar-refractivity contribution in [1.82, 2.24) is 14.8 Å². The van der Waals surface area contributed by atoms with Crippen LogP contribution in [0.15, 0.2) is 24.3 Å². The highest BCUT2D eigenvalue weighted by Crippen LogP contribution is 2.34. The maximum absolute atomic E-state index is 13.2. The Balaban J connectivity index is 0.000000604. The Labute approximate surface area is 165 Å². The molecule has 3 aliphatic rings. The number of nitrogens with one attached hydrogen (secondary N) is 1. The molecule has 2 aromatic rings. The Bertz CT molecular complexity index is 861. The molecule has 0 spiro atoms. The number of para-hydroxylation sites is 1. The highest BCUT2D eigenvalue weighted by atomic mass is 16.3. The van der Waals surface area contributed by atoms with Gasteiger partial charge in [-0.15, -0.1) is 0 Å². The molecule has 6 heteroatoms. The van der Waals surface area contributed by atoms with Crippen LogP contribution in [-0.4, -0.2) is 52.1 Å². The van der Waals surface area contributed by atoms with Gasteiger partial charge in [-0.1, -0.05) is 24.6 Å². The first kappa shape index (κ1) is 19.0. The van der Waals surface area contributed by atoms with Crippen molar-refractivity contribution in [3.05, 3.63) is 35.5 Å². The summed E-state index contributed by atoms with van der Waals surface area (Å²) in [5.41, 5.74) is 3.41. The lowest BCUT2D eigenvalue weighted by atomic mass is 9.82. The molecule has 150 valence electrons. The average Bonchev–Trinajstić information content (AvgIpc) is 3.24. The van der Waals surface area contributed by atoms with Crippen molar-refractivity contribution < 1.29 is 14.7 Å². The predicted molar refractivity (Wildman–Crippen MR) is 109 cm³/mol. The number of piperidine rings is 2. The minimum atomic E-state index is -0.250. The summed E-state index contributed by atoms with van der Waals surface area (Å²) in [6, 6.07) is 10.0. The Hall–Kier alpha value is -2.34. The highest BCUT2D eigenvalue weighted by molar-refractivity contribution is 6.08. The minimum absolute atomic E-state index is 0.152. The predicted octanol–water partition coefficient (Wildman–Crippen LogP) is 3.03. The van der Waals surface area contributed by atoms with Gasteiger partial charge in [0.2, 0.25) is 0 Å². The van der Waals surface area contributed by atoms with E-state index in [1.807, 2.05) is 0 Å². The van der Waals surface area contributed by atoms with Crippen molar-refractivity contribution in [2.24, 2.45) is 0 Å². The molecule has 1 aromatic heterocycles. The van der Waals surface area contributed by atoms with Crippen LogP contribution in [0.5, 0.6) is 0 Å². The fourth-order valence-electron chi connectivity index (χ4n) is 5.52. The summed E-state index contributed by atoms with van der Waals surface area (Å²) in [4.78, 5) is 24.1. The van der Waals surface area contributed by atoms with Gasteiger partial charge in [-0.05, 0) is 51.6 Å². The van der Waals surface area contributed by atoms with E-state index in [2.05, 4.69) is 46.1 Å². The van der Waals surface area contributed by atoms with E-state index in [0.29, 0.717) is 18.1 Å². The first-order valence-electron chi connectivity index (χ1n) is 10.3. The van der Waals surface area contributed by atoms with E-state index in [1.54, 1.807) is 0 Å². The summed E-state index contributed by atoms with van der Waals surface area (Å²) in [6.45, 7) is 0.793. The van der Waals surface area contributed by atoms with Gasteiger partial charge in [-0.25, -0.2) is 0 Å². The minimum Gasteiger partial charge on any atom is -0.483 e. The zero-order chi connectivity index (χ0) is 19.7. The topological polar surface area (TPSA) is 74.6 Å². The summed E-state index contributed by atoms with van der Waals surface area (Å²) in [6.07, 6.45) is 8.29. The number of hydrogen-bond donors (Lipinski definition) is 2. The standard InChI is InChI=1S/C21H27N3O.CH2O2/c1-23-15-6-4-7-16(23)13-14(12-15)22-21(25)20-17-8-2-3-9-18(17)24-11-5-10-19(20)24;2-1-3/h2-3,8-9,14-16H,4-7,10-13H2,1H3,(H,22,25);1H,(H,2,3)/t14?,15-,16+;. The van der Waals surface area contributed by atoms with Crippen molar-refractivity contribution in [1.29, 1.82) is 0 Å². The van der Waals surface area contributed by atoms with Gasteiger partial charge in [0.15, 0.2) is 0 Å². The van der Waals surface area contributed by atoms with Gasteiger partial charge in [0.25, 0.3) is 12.4 Å².